The minimum atomic E-state index is -0.558. The normalized spacial score (nSPS) is 12.5. The molecule has 0 aliphatic carbocycles. The topological polar surface area (TPSA) is 57.0 Å². The van der Waals surface area contributed by atoms with Crippen molar-refractivity contribution in [1.82, 2.24) is 14.5 Å². The molecule has 0 radical (unpaired) electrons. The molecule has 3 rings (SSSR count). The maximum Gasteiger partial charge on any atom is 0.200 e. The summed E-state index contributed by atoms with van der Waals surface area (Å²) in [5, 5.41) is 0.0356. The molecule has 0 aliphatic heterocycles. The number of nitrogens with zero attached hydrogens (tertiary/aromatic N) is 3. The molecule has 0 atom stereocenters. The summed E-state index contributed by atoms with van der Waals surface area (Å²) in [5.41, 5.74) is 0.677. The summed E-state index contributed by atoms with van der Waals surface area (Å²) in [5.74, 6) is -0.0393. The Hall–Kier alpha value is -2.76. The van der Waals surface area contributed by atoms with Crippen LogP contribution in [-0.4, -0.2) is 21.1 Å². The number of rotatable bonds is 5. The Balaban J connectivity index is 2.52. The fourth-order valence-corrected chi connectivity index (χ4v) is 4.73. The van der Waals surface area contributed by atoms with E-state index in [0.717, 1.165) is 6.42 Å². The molecule has 2 aromatic heterocycles. The average Bonchev–Trinajstić information content (AvgIpc) is 2.67. The molecule has 3 aromatic rings. The van der Waals surface area contributed by atoms with Gasteiger partial charge in [-0.2, -0.15) is 0 Å². The molecule has 0 saturated heterocycles. The third-order valence-electron chi connectivity index (χ3n) is 5.34. The molecular weight excluding hydrogens is 393 g/mol. The van der Waals surface area contributed by atoms with Crippen LogP contribution in [0.15, 0.2) is 41.8 Å². The molecule has 31 heavy (non-hydrogen) atoms. The van der Waals surface area contributed by atoms with Crippen molar-refractivity contribution < 1.29 is 9.13 Å². The van der Waals surface area contributed by atoms with Crippen LogP contribution in [0.1, 0.15) is 60.9 Å². The number of pyridine rings is 1. The summed E-state index contributed by atoms with van der Waals surface area (Å²) in [7, 11) is 0. The lowest BCUT2D eigenvalue weighted by Crippen LogP contribution is -2.36. The molecule has 0 saturated carbocycles. The lowest BCUT2D eigenvalue weighted by Gasteiger charge is -2.43. The van der Waals surface area contributed by atoms with E-state index in [9.17, 15) is 4.79 Å². The summed E-state index contributed by atoms with van der Waals surface area (Å²) in [4.78, 5) is 21.6. The van der Waals surface area contributed by atoms with Crippen molar-refractivity contribution >= 4 is 10.9 Å². The quantitative estimate of drug-likeness (QED) is 0.502. The van der Waals surface area contributed by atoms with E-state index in [2.05, 4.69) is 51.5 Å². The van der Waals surface area contributed by atoms with Crippen LogP contribution in [0, 0.1) is 16.6 Å². The number of benzene rings is 1. The van der Waals surface area contributed by atoms with E-state index in [-0.39, 0.29) is 27.7 Å². The predicted molar refractivity (Wildman–Crippen MR) is 123 cm³/mol. The van der Waals surface area contributed by atoms with Crippen LogP contribution < -0.4 is 10.2 Å². The third-order valence-corrected chi connectivity index (χ3v) is 5.34. The Morgan fingerprint density at radius 2 is 1.68 bits per heavy atom. The predicted octanol–water partition coefficient (Wildman–Crippen LogP) is 6.02. The second-order valence-corrected chi connectivity index (χ2v) is 10.2. The fraction of sp³-hybridized carbons (Fsp3) is 0.480. The first kappa shape index (κ1) is 22.9. The number of hydrogen-bond donors (Lipinski definition) is 0. The highest BCUT2D eigenvalue weighted by Crippen LogP contribution is 2.46. The Kier molecular flexibility index (Phi) is 6.21. The van der Waals surface area contributed by atoms with Crippen LogP contribution in [0.5, 0.6) is 5.75 Å². The van der Waals surface area contributed by atoms with Crippen molar-refractivity contribution in [3.8, 4) is 16.9 Å². The van der Waals surface area contributed by atoms with Crippen molar-refractivity contribution in [3.63, 3.8) is 0 Å². The van der Waals surface area contributed by atoms with Gasteiger partial charge in [-0.3, -0.25) is 4.79 Å². The van der Waals surface area contributed by atoms with Gasteiger partial charge in [-0.25, -0.2) is 14.4 Å². The van der Waals surface area contributed by atoms with Gasteiger partial charge < -0.3 is 9.30 Å². The highest BCUT2D eigenvalue weighted by Gasteiger charge is 2.38. The number of hydrogen-bond acceptors (Lipinski definition) is 4. The van der Waals surface area contributed by atoms with Gasteiger partial charge in [0.15, 0.2) is 5.43 Å². The van der Waals surface area contributed by atoms with Crippen LogP contribution in [0.4, 0.5) is 4.39 Å². The van der Waals surface area contributed by atoms with Crippen LogP contribution in [-0.2, 0) is 0 Å². The van der Waals surface area contributed by atoms with Gasteiger partial charge in [0.25, 0.3) is 0 Å². The average molecular weight is 426 g/mol. The molecule has 0 amide bonds. The number of halogens is 1. The van der Waals surface area contributed by atoms with Crippen molar-refractivity contribution in [1.29, 1.82) is 0 Å². The fourth-order valence-electron chi connectivity index (χ4n) is 4.73. The first-order valence-electron chi connectivity index (χ1n) is 10.7. The number of fused-ring (bicyclic) bond motifs is 1. The minimum absolute atomic E-state index is 0.0356. The van der Waals surface area contributed by atoms with Crippen molar-refractivity contribution in [2.45, 2.75) is 60.9 Å². The molecule has 0 bridgehead atoms. The van der Waals surface area contributed by atoms with Gasteiger partial charge in [-0.05, 0) is 29.4 Å². The second-order valence-electron chi connectivity index (χ2n) is 10.2. The van der Waals surface area contributed by atoms with Crippen molar-refractivity contribution in [2.75, 3.05) is 6.61 Å². The molecule has 0 N–H and O–H groups in total. The van der Waals surface area contributed by atoms with E-state index in [4.69, 9.17) is 4.74 Å². The molecule has 0 aliphatic rings. The van der Waals surface area contributed by atoms with E-state index in [1.165, 1.54) is 12.4 Å². The zero-order chi connectivity index (χ0) is 23.0. The third kappa shape index (κ3) is 4.48. The van der Waals surface area contributed by atoms with E-state index in [1.54, 1.807) is 18.5 Å². The Morgan fingerprint density at radius 1 is 1.06 bits per heavy atom. The molecule has 0 unspecified atom stereocenters. The first-order chi connectivity index (χ1) is 14.5. The SMILES string of the molecule is CCCOc1ccc(F)c2c(=O)c(-c3cncnc3)cn(C(C(C)(C)C)C(C)(C)C)c12. The summed E-state index contributed by atoms with van der Waals surface area (Å²) < 4.78 is 23.2. The summed E-state index contributed by atoms with van der Waals surface area (Å²) in [6.07, 6.45) is 7.21. The molecule has 5 nitrogen and oxygen atoms in total. The Bertz CT molecular complexity index is 1110. The van der Waals surface area contributed by atoms with Crippen LogP contribution >= 0.6 is 0 Å². The lowest BCUT2D eigenvalue weighted by atomic mass is 9.71. The standard InChI is InChI=1S/C25H32FN3O2/c1-8-11-31-19-10-9-18(26)20-21(19)29(23(24(2,3)4)25(5,6)7)14-17(22(20)30)16-12-27-15-28-13-16/h9-10,12-15,23H,8,11H2,1-7H3. The van der Waals surface area contributed by atoms with Crippen LogP contribution in [0.3, 0.4) is 0 Å². The van der Waals surface area contributed by atoms with E-state index >= 15 is 4.39 Å². The second kappa shape index (κ2) is 8.40. The highest BCUT2D eigenvalue weighted by atomic mass is 19.1. The van der Waals surface area contributed by atoms with Crippen molar-refractivity contribution in [2.24, 2.45) is 10.8 Å². The maximum absolute atomic E-state index is 15.2. The van der Waals surface area contributed by atoms with Crippen LogP contribution in [0.2, 0.25) is 0 Å². The number of ether oxygens (including phenoxy) is 1. The number of aromatic nitrogens is 3. The zero-order valence-electron chi connectivity index (χ0n) is 19.5. The summed E-state index contributed by atoms with van der Waals surface area (Å²) in [6.45, 7) is 15.4. The molecule has 2 heterocycles. The van der Waals surface area contributed by atoms with Gasteiger partial charge in [0.05, 0.1) is 17.5 Å². The van der Waals surface area contributed by atoms with Gasteiger partial charge in [0, 0.05) is 35.8 Å². The highest BCUT2D eigenvalue weighted by molar-refractivity contribution is 5.89. The molecular formula is C25H32FN3O2. The largest absolute Gasteiger partial charge is 0.491 e. The van der Waals surface area contributed by atoms with E-state index < -0.39 is 5.82 Å². The Labute approximate surface area is 183 Å². The molecule has 6 heteroatoms. The molecule has 166 valence electrons. The summed E-state index contributed by atoms with van der Waals surface area (Å²) >= 11 is 0. The van der Waals surface area contributed by atoms with Crippen molar-refractivity contribution in [3.05, 3.63) is 53.1 Å². The first-order valence-corrected chi connectivity index (χ1v) is 10.7. The van der Waals surface area contributed by atoms with Gasteiger partial charge in [-0.1, -0.05) is 48.5 Å². The molecule has 1 aromatic carbocycles. The van der Waals surface area contributed by atoms with Gasteiger partial charge in [-0.15, -0.1) is 0 Å². The van der Waals surface area contributed by atoms with Gasteiger partial charge >= 0.3 is 0 Å². The van der Waals surface area contributed by atoms with Gasteiger partial charge in [0.2, 0.25) is 0 Å². The van der Waals surface area contributed by atoms with Crippen LogP contribution in [0.25, 0.3) is 22.0 Å². The lowest BCUT2D eigenvalue weighted by molar-refractivity contribution is 0.114. The monoisotopic (exact) mass is 425 g/mol. The smallest absolute Gasteiger partial charge is 0.200 e. The molecule has 0 spiro atoms. The zero-order valence-corrected chi connectivity index (χ0v) is 19.5. The van der Waals surface area contributed by atoms with E-state index in [1.807, 2.05) is 17.7 Å². The minimum Gasteiger partial charge on any atom is -0.491 e. The van der Waals surface area contributed by atoms with E-state index in [0.29, 0.717) is 29.0 Å². The van der Waals surface area contributed by atoms with Gasteiger partial charge in [0.1, 0.15) is 17.9 Å². The maximum atomic E-state index is 15.2. The molecule has 0 fully saturated rings. The Morgan fingerprint density at radius 3 is 2.23 bits per heavy atom. The summed E-state index contributed by atoms with van der Waals surface area (Å²) in [6, 6.07) is 2.88.